The number of nitrogens with two attached hydrogens (primary N) is 1. The van der Waals surface area contributed by atoms with E-state index in [-0.39, 0.29) is 5.69 Å². The van der Waals surface area contributed by atoms with Crippen LogP contribution in [-0.2, 0) is 6.42 Å². The van der Waals surface area contributed by atoms with Crippen LogP contribution in [0.25, 0.3) is 21.8 Å². The normalized spacial score (nSPS) is 11.2. The van der Waals surface area contributed by atoms with Crippen molar-refractivity contribution in [3.63, 3.8) is 0 Å². The third kappa shape index (κ3) is 2.34. The van der Waals surface area contributed by atoms with Crippen molar-refractivity contribution in [3.05, 3.63) is 76.0 Å². The molecule has 0 fully saturated rings. The Bertz CT molecular complexity index is 1070. The SMILES string of the molecule is Nc1nc(Cc2ccccc2)cc2c1[nH]c1ccc([N+](=O)[O-])cc12. The van der Waals surface area contributed by atoms with E-state index in [1.807, 2.05) is 36.4 Å². The van der Waals surface area contributed by atoms with Gasteiger partial charge in [0.15, 0.2) is 0 Å². The van der Waals surface area contributed by atoms with E-state index >= 15 is 0 Å². The maximum absolute atomic E-state index is 11.0. The largest absolute Gasteiger partial charge is 0.382 e. The fourth-order valence-electron chi connectivity index (χ4n) is 2.97. The zero-order chi connectivity index (χ0) is 16.7. The zero-order valence-corrected chi connectivity index (χ0v) is 12.7. The summed E-state index contributed by atoms with van der Waals surface area (Å²) in [6.07, 6.45) is 0.655. The lowest BCUT2D eigenvalue weighted by Gasteiger charge is -2.04. The van der Waals surface area contributed by atoms with Crippen molar-refractivity contribution in [3.8, 4) is 0 Å². The number of non-ortho nitro benzene ring substituents is 1. The van der Waals surface area contributed by atoms with Crippen LogP contribution in [0.15, 0.2) is 54.6 Å². The lowest BCUT2D eigenvalue weighted by molar-refractivity contribution is -0.384. The maximum Gasteiger partial charge on any atom is 0.270 e. The molecule has 0 aliphatic carbocycles. The highest BCUT2D eigenvalue weighted by molar-refractivity contribution is 6.10. The van der Waals surface area contributed by atoms with E-state index in [0.29, 0.717) is 17.8 Å². The van der Waals surface area contributed by atoms with Gasteiger partial charge in [0.2, 0.25) is 0 Å². The summed E-state index contributed by atoms with van der Waals surface area (Å²) in [5.41, 5.74) is 9.64. The highest BCUT2D eigenvalue weighted by atomic mass is 16.6. The fourth-order valence-corrected chi connectivity index (χ4v) is 2.97. The van der Waals surface area contributed by atoms with Gasteiger partial charge in [0, 0.05) is 40.5 Å². The summed E-state index contributed by atoms with van der Waals surface area (Å²) in [5, 5.41) is 12.7. The van der Waals surface area contributed by atoms with Crippen molar-refractivity contribution in [2.75, 3.05) is 5.73 Å². The number of aromatic nitrogens is 2. The summed E-state index contributed by atoms with van der Waals surface area (Å²) >= 11 is 0. The van der Waals surface area contributed by atoms with E-state index in [4.69, 9.17) is 5.73 Å². The Morgan fingerprint density at radius 1 is 1.08 bits per heavy atom. The Labute approximate surface area is 137 Å². The number of nitrogens with zero attached hydrogens (tertiary/aromatic N) is 2. The van der Waals surface area contributed by atoms with Crippen molar-refractivity contribution in [2.24, 2.45) is 0 Å². The lowest BCUT2D eigenvalue weighted by atomic mass is 10.1. The van der Waals surface area contributed by atoms with Crippen molar-refractivity contribution in [2.45, 2.75) is 6.42 Å². The number of nitrogens with one attached hydrogen (secondary N) is 1. The van der Waals surface area contributed by atoms with Gasteiger partial charge in [-0.25, -0.2) is 4.98 Å². The summed E-state index contributed by atoms with van der Waals surface area (Å²) in [5.74, 6) is 0.400. The van der Waals surface area contributed by atoms with Gasteiger partial charge in [-0.3, -0.25) is 10.1 Å². The van der Waals surface area contributed by atoms with Gasteiger partial charge in [-0.05, 0) is 17.7 Å². The zero-order valence-electron chi connectivity index (χ0n) is 12.7. The van der Waals surface area contributed by atoms with Crippen LogP contribution in [0.1, 0.15) is 11.3 Å². The van der Waals surface area contributed by atoms with Crippen LogP contribution in [0.4, 0.5) is 11.5 Å². The van der Waals surface area contributed by atoms with Crippen LogP contribution in [0.2, 0.25) is 0 Å². The molecular formula is C18H14N4O2. The standard InChI is InChI=1S/C18H14N4O2/c19-18-17-15(9-12(20-18)8-11-4-2-1-3-5-11)14-10-13(22(23)24)6-7-16(14)21-17/h1-7,9-10,21H,8H2,(H2,19,20). The second-order valence-corrected chi connectivity index (χ2v) is 5.70. The molecule has 0 saturated carbocycles. The number of benzene rings is 2. The van der Waals surface area contributed by atoms with Crippen LogP contribution in [-0.4, -0.2) is 14.9 Å². The van der Waals surface area contributed by atoms with Gasteiger partial charge in [-0.15, -0.1) is 0 Å². The van der Waals surface area contributed by atoms with Crippen LogP contribution in [0.3, 0.4) is 0 Å². The lowest BCUT2D eigenvalue weighted by Crippen LogP contribution is -1.98. The molecule has 0 atom stereocenters. The average molecular weight is 318 g/mol. The molecule has 0 spiro atoms. The molecule has 0 saturated heterocycles. The quantitative estimate of drug-likeness (QED) is 0.443. The minimum atomic E-state index is -0.395. The number of hydrogen-bond acceptors (Lipinski definition) is 4. The molecule has 24 heavy (non-hydrogen) atoms. The number of anilines is 1. The summed E-state index contributed by atoms with van der Waals surface area (Å²) in [4.78, 5) is 18.3. The molecule has 2 aromatic heterocycles. The molecule has 0 unspecified atom stereocenters. The number of fused-ring (bicyclic) bond motifs is 3. The molecule has 0 amide bonds. The van der Waals surface area contributed by atoms with Gasteiger partial charge in [-0.1, -0.05) is 30.3 Å². The second kappa shape index (κ2) is 5.34. The first-order chi connectivity index (χ1) is 11.6. The van der Waals surface area contributed by atoms with E-state index in [0.717, 1.165) is 27.5 Å². The predicted octanol–water partition coefficient (Wildman–Crippen LogP) is 3.80. The van der Waals surface area contributed by atoms with E-state index in [1.165, 1.54) is 6.07 Å². The molecule has 2 aromatic carbocycles. The second-order valence-electron chi connectivity index (χ2n) is 5.70. The molecule has 6 heteroatoms. The van der Waals surface area contributed by atoms with E-state index in [2.05, 4.69) is 9.97 Å². The molecule has 118 valence electrons. The van der Waals surface area contributed by atoms with Crippen molar-refractivity contribution >= 4 is 33.3 Å². The summed E-state index contributed by atoms with van der Waals surface area (Å²) in [7, 11) is 0. The molecule has 4 rings (SSSR count). The summed E-state index contributed by atoms with van der Waals surface area (Å²) in [6, 6.07) is 16.7. The molecule has 0 radical (unpaired) electrons. The summed E-state index contributed by atoms with van der Waals surface area (Å²) in [6.45, 7) is 0. The van der Waals surface area contributed by atoms with Gasteiger partial charge in [0.05, 0.1) is 10.4 Å². The van der Waals surface area contributed by atoms with Gasteiger partial charge in [0.25, 0.3) is 5.69 Å². The molecule has 0 aliphatic heterocycles. The van der Waals surface area contributed by atoms with Gasteiger partial charge < -0.3 is 10.7 Å². The molecule has 3 N–H and O–H groups in total. The van der Waals surface area contributed by atoms with Gasteiger partial charge >= 0.3 is 0 Å². The number of pyridine rings is 1. The molecule has 0 aliphatic rings. The smallest absolute Gasteiger partial charge is 0.270 e. The topological polar surface area (TPSA) is 97.8 Å². The number of nitro groups is 1. The average Bonchev–Trinajstić information content (AvgIpc) is 2.94. The van der Waals surface area contributed by atoms with E-state index in [1.54, 1.807) is 12.1 Å². The van der Waals surface area contributed by atoms with Crippen LogP contribution in [0.5, 0.6) is 0 Å². The Hall–Kier alpha value is -3.41. The first-order valence-corrected chi connectivity index (χ1v) is 7.51. The monoisotopic (exact) mass is 318 g/mol. The number of nitrogen functional groups attached to an aromatic ring is 1. The highest BCUT2D eigenvalue weighted by Crippen LogP contribution is 2.31. The van der Waals surface area contributed by atoms with Gasteiger partial charge in [0.1, 0.15) is 5.82 Å². The molecular weight excluding hydrogens is 304 g/mol. The number of aromatic amines is 1. The van der Waals surface area contributed by atoms with Crippen LogP contribution >= 0.6 is 0 Å². The van der Waals surface area contributed by atoms with Crippen molar-refractivity contribution < 1.29 is 4.92 Å². The van der Waals surface area contributed by atoms with Crippen LogP contribution in [0, 0.1) is 10.1 Å². The summed E-state index contributed by atoms with van der Waals surface area (Å²) < 4.78 is 0. The first kappa shape index (κ1) is 14.2. The van der Waals surface area contributed by atoms with E-state index < -0.39 is 4.92 Å². The Morgan fingerprint density at radius 2 is 1.88 bits per heavy atom. The minimum Gasteiger partial charge on any atom is -0.382 e. The van der Waals surface area contributed by atoms with Crippen LogP contribution < -0.4 is 5.73 Å². The highest BCUT2D eigenvalue weighted by Gasteiger charge is 2.14. The Morgan fingerprint density at radius 3 is 2.62 bits per heavy atom. The number of nitro benzene ring substituents is 1. The van der Waals surface area contributed by atoms with E-state index in [9.17, 15) is 10.1 Å². The molecule has 2 heterocycles. The number of H-pyrrole nitrogens is 1. The third-order valence-corrected chi connectivity index (χ3v) is 4.09. The minimum absolute atomic E-state index is 0.0587. The van der Waals surface area contributed by atoms with Crippen molar-refractivity contribution in [1.29, 1.82) is 0 Å². The van der Waals surface area contributed by atoms with Crippen molar-refractivity contribution in [1.82, 2.24) is 9.97 Å². The Kier molecular flexibility index (Phi) is 3.16. The molecule has 4 aromatic rings. The first-order valence-electron chi connectivity index (χ1n) is 7.51. The third-order valence-electron chi connectivity index (χ3n) is 4.09. The molecule has 0 bridgehead atoms. The Balaban J connectivity index is 1.90. The fraction of sp³-hybridized carbons (Fsp3) is 0.0556. The maximum atomic E-state index is 11.0. The molecule has 6 nitrogen and oxygen atoms in total. The number of hydrogen-bond donors (Lipinski definition) is 2. The van der Waals surface area contributed by atoms with Gasteiger partial charge in [-0.2, -0.15) is 0 Å². The predicted molar refractivity (Wildman–Crippen MR) is 93.9 cm³/mol. The number of rotatable bonds is 3.